The van der Waals surface area contributed by atoms with E-state index in [0.717, 1.165) is 0 Å². The van der Waals surface area contributed by atoms with E-state index in [2.05, 4.69) is 0 Å². The number of esters is 1. The summed E-state index contributed by atoms with van der Waals surface area (Å²) in [4.78, 5) is 25.0. The van der Waals surface area contributed by atoms with Crippen LogP contribution in [0, 0.1) is 17.8 Å². The summed E-state index contributed by atoms with van der Waals surface area (Å²) in [5.74, 6) is -6.98. The monoisotopic (exact) mass is 925 g/mol. The molecule has 3 rings (SSSR count). The number of hydrogen-bond donors (Lipinski definition) is 13. The van der Waals surface area contributed by atoms with Crippen LogP contribution >= 0.6 is 0 Å². The molecule has 0 saturated carbocycles. The molecule has 19 nitrogen and oxygen atoms in total. The van der Waals surface area contributed by atoms with Crippen LogP contribution in [-0.4, -0.2) is 171 Å². The van der Waals surface area contributed by atoms with Gasteiger partial charge in [0.05, 0.1) is 67.4 Å². The highest BCUT2D eigenvalue weighted by Crippen LogP contribution is 2.38. The van der Waals surface area contributed by atoms with Gasteiger partial charge in [-0.1, -0.05) is 98.9 Å². The predicted molar refractivity (Wildman–Crippen MR) is 234 cm³/mol. The lowest BCUT2D eigenvalue weighted by atomic mass is 9.82. The minimum Gasteiger partial charge on any atom is -0.481 e. The molecule has 368 valence electrons. The summed E-state index contributed by atoms with van der Waals surface area (Å²) in [5, 5.41) is 128. The molecule has 2 fully saturated rings. The first-order valence-corrected chi connectivity index (χ1v) is 22.0. The van der Waals surface area contributed by atoms with E-state index >= 15 is 0 Å². The molecule has 0 radical (unpaired) electrons. The molecule has 19 heteroatoms. The molecule has 2 bridgehead atoms. The number of carboxylic acids is 1. The van der Waals surface area contributed by atoms with Crippen molar-refractivity contribution in [2.75, 3.05) is 0 Å². The van der Waals surface area contributed by atoms with E-state index in [4.69, 9.17) is 24.7 Å². The fourth-order valence-electron chi connectivity index (χ4n) is 7.77. The van der Waals surface area contributed by atoms with Gasteiger partial charge in [-0.25, -0.2) is 0 Å². The molecule has 0 aromatic carbocycles. The summed E-state index contributed by atoms with van der Waals surface area (Å²) in [6.07, 6.45) is 0.647. The highest BCUT2D eigenvalue weighted by atomic mass is 16.7. The maximum Gasteiger partial charge on any atom is 0.311 e. The molecule has 0 unspecified atom stereocenters. The van der Waals surface area contributed by atoms with E-state index in [9.17, 15) is 70.9 Å². The number of carboxylic acid groups (broad SMARTS) is 1. The van der Waals surface area contributed by atoms with E-state index in [1.165, 1.54) is 12.2 Å². The number of aliphatic carboxylic acids is 1. The van der Waals surface area contributed by atoms with Crippen molar-refractivity contribution in [2.24, 2.45) is 23.5 Å². The lowest BCUT2D eigenvalue weighted by Crippen LogP contribution is -2.62. The highest BCUT2D eigenvalue weighted by molar-refractivity contribution is 5.71. The highest BCUT2D eigenvalue weighted by Gasteiger charge is 2.51. The number of rotatable bonds is 3. The molecule has 19 atom stereocenters. The molecule has 3 heterocycles. The van der Waals surface area contributed by atoms with Gasteiger partial charge in [0.1, 0.15) is 24.2 Å². The van der Waals surface area contributed by atoms with Crippen LogP contribution in [0.4, 0.5) is 0 Å². The first-order chi connectivity index (χ1) is 30.6. The van der Waals surface area contributed by atoms with Gasteiger partial charge < -0.3 is 86.0 Å². The van der Waals surface area contributed by atoms with E-state index in [1.807, 2.05) is 13.0 Å². The normalized spacial score (nSPS) is 45.5. The zero-order valence-electron chi connectivity index (χ0n) is 37.0. The van der Waals surface area contributed by atoms with Gasteiger partial charge in [0.25, 0.3) is 0 Å². The lowest BCUT2D eigenvalue weighted by molar-refractivity contribution is -0.331. The van der Waals surface area contributed by atoms with Crippen LogP contribution in [0.15, 0.2) is 85.1 Å². The third-order valence-corrected chi connectivity index (χ3v) is 11.8. The Morgan fingerprint density at radius 3 is 1.83 bits per heavy atom. The van der Waals surface area contributed by atoms with Crippen molar-refractivity contribution in [1.29, 1.82) is 0 Å². The largest absolute Gasteiger partial charge is 0.481 e. The van der Waals surface area contributed by atoms with Crippen LogP contribution < -0.4 is 5.73 Å². The van der Waals surface area contributed by atoms with Gasteiger partial charge in [-0.05, 0) is 26.2 Å². The van der Waals surface area contributed by atoms with Gasteiger partial charge in [0.2, 0.25) is 0 Å². The molecular formula is C46H71NO18. The number of aliphatic hydroxyl groups is 11. The summed E-state index contributed by atoms with van der Waals surface area (Å²) < 4.78 is 22.5. The Morgan fingerprint density at radius 2 is 1.25 bits per heavy atom. The fourth-order valence-corrected chi connectivity index (χ4v) is 7.77. The second-order valence-electron chi connectivity index (χ2n) is 17.3. The van der Waals surface area contributed by atoms with E-state index in [1.54, 1.807) is 80.7 Å². The first kappa shape index (κ1) is 55.8. The van der Waals surface area contributed by atoms with Gasteiger partial charge in [0, 0.05) is 37.5 Å². The van der Waals surface area contributed by atoms with Crippen molar-refractivity contribution in [1.82, 2.24) is 0 Å². The average molecular weight is 926 g/mol. The van der Waals surface area contributed by atoms with Gasteiger partial charge in [-0.3, -0.25) is 9.59 Å². The Labute approximate surface area is 379 Å². The van der Waals surface area contributed by atoms with Crippen molar-refractivity contribution < 1.29 is 89.8 Å². The molecule has 14 N–H and O–H groups in total. The number of carbonyl (C=O) groups excluding carboxylic acids is 1. The maximum atomic E-state index is 12.6. The molecule has 0 spiro atoms. The van der Waals surface area contributed by atoms with Crippen molar-refractivity contribution in [3.05, 3.63) is 85.1 Å². The van der Waals surface area contributed by atoms with Crippen molar-refractivity contribution >= 4 is 11.9 Å². The van der Waals surface area contributed by atoms with Crippen LogP contribution in [0.1, 0.15) is 72.1 Å². The average Bonchev–Trinajstić information content (AvgIpc) is 3.21. The molecule has 0 aromatic rings. The summed E-state index contributed by atoms with van der Waals surface area (Å²) in [6.45, 7) is 5.19. The van der Waals surface area contributed by atoms with Crippen LogP contribution in [0.3, 0.4) is 0 Å². The zero-order chi connectivity index (χ0) is 48.4. The summed E-state index contributed by atoms with van der Waals surface area (Å²) in [7, 11) is 0. The summed E-state index contributed by atoms with van der Waals surface area (Å²) in [5.41, 5.74) is 5.86. The third kappa shape index (κ3) is 18.6. The van der Waals surface area contributed by atoms with E-state index < -0.39 is 154 Å². The van der Waals surface area contributed by atoms with E-state index in [-0.39, 0.29) is 25.2 Å². The Bertz CT molecular complexity index is 1670. The van der Waals surface area contributed by atoms with Crippen LogP contribution in [-0.2, 0) is 28.5 Å². The molecule has 3 aliphatic rings. The van der Waals surface area contributed by atoms with Gasteiger partial charge in [-0.2, -0.15) is 0 Å². The number of fused-ring (bicyclic) bond motifs is 2. The van der Waals surface area contributed by atoms with E-state index in [0.29, 0.717) is 0 Å². The minimum atomic E-state index is -2.37. The third-order valence-electron chi connectivity index (χ3n) is 11.8. The Balaban J connectivity index is 1.86. The van der Waals surface area contributed by atoms with Crippen molar-refractivity contribution in [3.8, 4) is 0 Å². The van der Waals surface area contributed by atoms with Gasteiger partial charge >= 0.3 is 11.9 Å². The summed E-state index contributed by atoms with van der Waals surface area (Å²) >= 11 is 0. The van der Waals surface area contributed by atoms with Crippen molar-refractivity contribution in [2.45, 2.75) is 170 Å². The van der Waals surface area contributed by atoms with Gasteiger partial charge in [-0.15, -0.1) is 0 Å². The van der Waals surface area contributed by atoms with Crippen molar-refractivity contribution in [3.63, 3.8) is 0 Å². The SMILES string of the molecule is C[C@@H]1[C@H](O)[C@@H](C)\C=C/C=C\C=C/C=C\C=C/C=C\C=C/[C@H](O[C@@H]2O[C@H](O)[C@@H](O)[C@H](N)[C@@H]2O)C[C@@H]2O[C@](O)(C[C@@H](O)C[C@@H](O)[C@H](O)CC[C@@H](O)C[C@@H](O)CC(=O)O[C@H]1C)C[C@H](O)[C@H]2C(=O)O. The lowest BCUT2D eigenvalue weighted by Gasteiger charge is -2.45. The number of allylic oxidation sites excluding steroid dienone is 12. The second kappa shape index (κ2) is 27.4. The standard InChI is InChI=1S/C46H71NO18/c1-26-16-14-12-10-8-6-4-5-7-9-11-13-15-17-32(63-45-42(57)39(47)41(56)44(60)64-45)23-36-38(43(58)59)35(53)25-46(61,65-36)24-31(50)21-34(52)33(51)19-18-29(48)20-30(49)22-37(54)62-28(3)27(2)40(26)55/h4-17,26-36,38-42,44-45,48-53,55-57,60-61H,18-25,47H2,1-3H3,(H,58,59)/b5-4-,8-6-,9-7-,12-10-,13-11-,16-14-,17-15-/t26-,27-,28-,29+,30+,31-,32-,33+,34+,35-,36-,38+,39-,40+,41-,42-,44-,45+,46+/m0/s1. The number of nitrogens with two attached hydrogens (primary N) is 1. The number of ether oxygens (including phenoxy) is 4. The first-order valence-electron chi connectivity index (χ1n) is 22.0. The molecule has 0 aliphatic carbocycles. The molecule has 0 aromatic heterocycles. The zero-order valence-corrected chi connectivity index (χ0v) is 37.0. The number of carbonyl (C=O) groups is 2. The Morgan fingerprint density at radius 1 is 0.677 bits per heavy atom. The summed E-state index contributed by atoms with van der Waals surface area (Å²) in [6, 6.07) is -1.40. The quantitative estimate of drug-likeness (QED) is 0.161. The number of aliphatic hydroxyl groups excluding tert-OH is 10. The smallest absolute Gasteiger partial charge is 0.311 e. The van der Waals surface area contributed by atoms with Crippen LogP contribution in [0.25, 0.3) is 0 Å². The van der Waals surface area contributed by atoms with Crippen LogP contribution in [0.5, 0.6) is 0 Å². The molecule has 3 aliphatic heterocycles. The van der Waals surface area contributed by atoms with Crippen LogP contribution in [0.2, 0.25) is 0 Å². The Hall–Kier alpha value is -3.48. The van der Waals surface area contributed by atoms with Gasteiger partial charge in [0.15, 0.2) is 18.4 Å². The predicted octanol–water partition coefficient (Wildman–Crippen LogP) is -0.358. The minimum absolute atomic E-state index is 0.121. The topological polar surface area (TPSA) is 340 Å². The fraction of sp³-hybridized carbons (Fsp3) is 0.652. The molecule has 2 saturated heterocycles. The number of cyclic esters (lactones) is 1. The second-order valence-corrected chi connectivity index (χ2v) is 17.3. The number of hydrogen-bond acceptors (Lipinski definition) is 18. The molecular weight excluding hydrogens is 854 g/mol. The maximum absolute atomic E-state index is 12.6. The Kier molecular flexibility index (Phi) is 23.5. The molecule has 0 amide bonds. The molecule has 65 heavy (non-hydrogen) atoms.